The summed E-state index contributed by atoms with van der Waals surface area (Å²) < 4.78 is 36.8. The number of benzene rings is 2. The quantitative estimate of drug-likeness (QED) is 0.162. The molecule has 334 valence electrons. The number of carbonyl (C=O) groups is 4. The smallest absolute Gasteiger partial charge is 0.318 e. The summed E-state index contributed by atoms with van der Waals surface area (Å²) in [5.41, 5.74) is 3.07. The summed E-state index contributed by atoms with van der Waals surface area (Å²) in [5.74, 6) is -1.69. The highest BCUT2D eigenvalue weighted by molar-refractivity contribution is 7.91. The van der Waals surface area contributed by atoms with Gasteiger partial charge in [-0.05, 0) is 90.2 Å². The molecule has 0 bridgehead atoms. The number of sulfonamides is 1. The zero-order chi connectivity index (χ0) is 44.1. The second-order valence-corrected chi connectivity index (χ2v) is 21.7. The Morgan fingerprint density at radius 3 is 2.49 bits per heavy atom. The highest BCUT2D eigenvalue weighted by Crippen LogP contribution is 2.57. The minimum Gasteiger partial charge on any atom is -0.459 e. The van der Waals surface area contributed by atoms with Crippen molar-refractivity contribution in [2.75, 3.05) is 19.6 Å². The Balaban J connectivity index is 1.04. The van der Waals surface area contributed by atoms with Crippen LogP contribution in [0.2, 0.25) is 0 Å². The van der Waals surface area contributed by atoms with Crippen molar-refractivity contribution in [1.82, 2.24) is 34.4 Å². The normalized spacial score (nSPS) is 26.7. The number of nitrogens with one attached hydrogen (secondary N) is 2. The molecular formula is C47H57N7O7S2. The number of ether oxygens (including phenoxy) is 1. The van der Waals surface area contributed by atoms with Gasteiger partial charge in [-0.3, -0.25) is 23.7 Å². The largest absolute Gasteiger partial charge is 0.459 e. The summed E-state index contributed by atoms with van der Waals surface area (Å²) in [6.45, 7) is 7.02. The molecule has 4 fully saturated rings. The molecule has 63 heavy (non-hydrogen) atoms. The van der Waals surface area contributed by atoms with Crippen LogP contribution < -0.4 is 14.8 Å². The number of hydrogen-bond acceptors (Lipinski definition) is 10. The number of hydrogen-bond donors (Lipinski definition) is 2. The van der Waals surface area contributed by atoms with Crippen LogP contribution in [0.5, 0.6) is 6.01 Å². The third-order valence-electron chi connectivity index (χ3n) is 13.8. The zero-order valence-electron chi connectivity index (χ0n) is 36.3. The van der Waals surface area contributed by atoms with E-state index in [1.165, 1.54) is 16.2 Å². The second kappa shape index (κ2) is 17.1. The molecule has 2 aromatic heterocycles. The average molecular weight is 896 g/mol. The van der Waals surface area contributed by atoms with E-state index in [2.05, 4.69) is 10.0 Å². The maximum atomic E-state index is 14.9. The van der Waals surface area contributed by atoms with Gasteiger partial charge in [0.25, 0.3) is 6.01 Å². The molecule has 2 aliphatic carbocycles. The van der Waals surface area contributed by atoms with Crippen molar-refractivity contribution in [2.45, 2.75) is 127 Å². The molecule has 4 amide bonds. The molecule has 0 radical (unpaired) electrons. The van der Waals surface area contributed by atoms with Gasteiger partial charge >= 0.3 is 6.03 Å². The number of rotatable bonds is 9. The van der Waals surface area contributed by atoms with E-state index >= 15 is 0 Å². The maximum absolute atomic E-state index is 14.9. The molecule has 2 saturated heterocycles. The van der Waals surface area contributed by atoms with E-state index in [0.29, 0.717) is 51.2 Å². The van der Waals surface area contributed by atoms with Gasteiger partial charge in [-0.15, -0.1) is 11.3 Å². The van der Waals surface area contributed by atoms with Crippen LogP contribution in [-0.2, 0) is 24.4 Å². The lowest BCUT2D eigenvalue weighted by Crippen LogP contribution is -2.54. The van der Waals surface area contributed by atoms with Crippen molar-refractivity contribution >= 4 is 56.0 Å². The highest BCUT2D eigenvalue weighted by Gasteiger charge is 2.62. The Bertz CT molecular complexity index is 2540. The third kappa shape index (κ3) is 8.52. The monoisotopic (exact) mass is 895 g/mol. The van der Waals surface area contributed by atoms with Crippen LogP contribution in [0.15, 0.2) is 66.1 Å². The Morgan fingerprint density at radius 1 is 0.968 bits per heavy atom. The number of amides is 4. The van der Waals surface area contributed by atoms with E-state index in [4.69, 9.17) is 14.7 Å². The predicted molar refractivity (Wildman–Crippen MR) is 241 cm³/mol. The number of nitrogens with zero attached hydrogens (tertiary/aromatic N) is 5. The average Bonchev–Trinajstić information content (AvgIpc) is 3.75. The second-order valence-electron chi connectivity index (χ2n) is 18.7. The van der Waals surface area contributed by atoms with Crippen LogP contribution in [0.3, 0.4) is 0 Å². The number of thiazole rings is 1. The Labute approximate surface area is 372 Å². The fourth-order valence-corrected chi connectivity index (χ4v) is 11.8. The number of imidazole rings is 1. The van der Waals surface area contributed by atoms with Crippen LogP contribution in [0.25, 0.3) is 32.9 Å². The topological polar surface area (TPSA) is 173 Å². The van der Waals surface area contributed by atoms with Crippen molar-refractivity contribution in [2.24, 2.45) is 11.3 Å². The van der Waals surface area contributed by atoms with Gasteiger partial charge in [-0.25, -0.2) is 18.2 Å². The summed E-state index contributed by atoms with van der Waals surface area (Å²) in [5, 5.41) is 5.89. The van der Waals surface area contributed by atoms with Crippen molar-refractivity contribution in [3.05, 3.63) is 66.1 Å². The summed E-state index contributed by atoms with van der Waals surface area (Å²) in [7, 11) is -3.96. The van der Waals surface area contributed by atoms with Gasteiger partial charge in [0.2, 0.25) is 21.8 Å². The molecule has 4 aromatic rings. The van der Waals surface area contributed by atoms with E-state index < -0.39 is 44.3 Å². The summed E-state index contributed by atoms with van der Waals surface area (Å²) >= 11 is 1.54. The van der Waals surface area contributed by atoms with E-state index in [1.807, 2.05) is 84.5 Å². The highest BCUT2D eigenvalue weighted by atomic mass is 32.2. The van der Waals surface area contributed by atoms with E-state index in [0.717, 1.165) is 65.0 Å². The number of urea groups is 1. The first-order valence-electron chi connectivity index (χ1n) is 22.6. The van der Waals surface area contributed by atoms with Crippen LogP contribution in [0, 0.1) is 11.3 Å². The third-order valence-corrected chi connectivity index (χ3v) is 16.9. The van der Waals surface area contributed by atoms with Gasteiger partial charge in [0, 0.05) is 48.5 Å². The lowest BCUT2D eigenvalue weighted by Gasteiger charge is -2.30. The van der Waals surface area contributed by atoms with Gasteiger partial charge in [0.15, 0.2) is 5.78 Å². The number of Topliss-reactive ketones (excluding diaryl/α,β-unsaturated/α-hetero) is 1. The van der Waals surface area contributed by atoms with Crippen molar-refractivity contribution in [3.8, 4) is 27.8 Å². The summed E-state index contributed by atoms with van der Waals surface area (Å²) in [6.07, 6.45) is 9.77. The molecule has 16 heteroatoms. The maximum Gasteiger partial charge on any atom is 0.318 e. The SMILES string of the molecule is CC(C)n1c(O[C@@H]2C[C@H]3C(=O)C[C@]4(C(=O)NS(=O)(=O)C5(C)CC5)C[C@H]4/C=C\CCCCC[C@H](NC(=O)N4CCCC4)C(=O)N3C2)nc2c(-c3nc(-c4ccccc4)cs3)cccc21. The van der Waals surface area contributed by atoms with Crippen molar-refractivity contribution < 1.29 is 32.3 Å². The van der Waals surface area contributed by atoms with E-state index in [-0.39, 0.29) is 49.1 Å². The first-order chi connectivity index (χ1) is 30.3. The number of fused-ring (bicyclic) bond motifs is 3. The molecule has 5 aliphatic rings. The standard InChI is InChI=1S/C47H57N7O7S2/c1-30(2)54-37-20-14-18-34(41-48-36(29-62-41)31-15-8-7-9-16-31)40(37)50-45(54)61-33-25-38-39(55)27-47(43(57)51-63(59,60)46(3)21-22-46)26-32(47)17-10-5-4-6-11-19-35(42(56)53(38)28-33)49-44(58)52-23-12-13-24-52/h7-10,14-18,20,29-30,32-33,35,38H,4-6,11-13,19,21-28H2,1-3H3,(H,49,58)(H,51,57)/b17-10-/t32-,33-,35+,38+,47-/m1/s1. The Hall–Kier alpha value is -5.09. The number of ketones is 1. The Kier molecular flexibility index (Phi) is 11.7. The Morgan fingerprint density at radius 2 is 1.75 bits per heavy atom. The van der Waals surface area contributed by atoms with Crippen LogP contribution in [0.1, 0.15) is 104 Å². The number of carbonyl (C=O) groups excluding carboxylic acids is 4. The van der Waals surface area contributed by atoms with E-state index in [1.54, 1.807) is 11.8 Å². The lowest BCUT2D eigenvalue weighted by molar-refractivity contribution is -0.140. The molecule has 5 atom stereocenters. The number of likely N-dealkylation sites (tertiary alicyclic amines) is 1. The van der Waals surface area contributed by atoms with Crippen LogP contribution >= 0.6 is 11.3 Å². The molecule has 0 unspecified atom stereocenters. The lowest BCUT2D eigenvalue weighted by atomic mass is 9.91. The van der Waals surface area contributed by atoms with Gasteiger partial charge in [0.05, 0.1) is 34.0 Å². The number of allylic oxidation sites excluding steroid dienone is 2. The van der Waals surface area contributed by atoms with Gasteiger partial charge in [-0.2, -0.15) is 4.98 Å². The first kappa shape index (κ1) is 43.2. The zero-order valence-corrected chi connectivity index (χ0v) is 37.9. The molecule has 3 aliphatic heterocycles. The van der Waals surface area contributed by atoms with Crippen LogP contribution in [-0.4, -0.2) is 99.0 Å². The molecule has 14 nitrogen and oxygen atoms in total. The van der Waals surface area contributed by atoms with Crippen molar-refractivity contribution in [3.63, 3.8) is 0 Å². The van der Waals surface area contributed by atoms with Gasteiger partial charge in [-0.1, -0.05) is 61.4 Å². The molecule has 2 aromatic carbocycles. The molecule has 2 N–H and O–H groups in total. The summed E-state index contributed by atoms with van der Waals surface area (Å²) in [4.78, 5) is 70.7. The van der Waals surface area contributed by atoms with Gasteiger partial charge < -0.3 is 19.9 Å². The molecule has 9 rings (SSSR count). The minimum absolute atomic E-state index is 0.0572. The number of aromatic nitrogens is 3. The fraction of sp³-hybridized carbons (Fsp3) is 0.532. The van der Waals surface area contributed by atoms with Crippen molar-refractivity contribution in [1.29, 1.82) is 0 Å². The molecule has 5 heterocycles. The molecular weight excluding hydrogens is 839 g/mol. The van der Waals surface area contributed by atoms with Crippen LogP contribution in [0.4, 0.5) is 4.79 Å². The first-order valence-corrected chi connectivity index (χ1v) is 24.9. The minimum atomic E-state index is -3.96. The summed E-state index contributed by atoms with van der Waals surface area (Å²) in [6, 6.07) is 14.1. The number of para-hydroxylation sites is 1. The van der Waals surface area contributed by atoms with E-state index in [9.17, 15) is 27.6 Å². The van der Waals surface area contributed by atoms with Gasteiger partial charge in [0.1, 0.15) is 22.7 Å². The molecule has 0 spiro atoms. The fourth-order valence-electron chi connectivity index (χ4n) is 9.59. The molecule has 2 saturated carbocycles. The predicted octanol–water partition coefficient (Wildman–Crippen LogP) is 7.41.